The summed E-state index contributed by atoms with van der Waals surface area (Å²) in [6, 6.07) is 8.15. The van der Waals surface area contributed by atoms with E-state index in [4.69, 9.17) is 0 Å². The number of rotatable bonds is 4. The Bertz CT molecular complexity index is 574. The minimum Gasteiger partial charge on any atom is -0.355 e. The predicted molar refractivity (Wildman–Crippen MR) is 91.8 cm³/mol. The maximum Gasteiger partial charge on any atom is 0.207 e. The van der Waals surface area contributed by atoms with Crippen LogP contribution in [0.25, 0.3) is 10.4 Å². The van der Waals surface area contributed by atoms with Crippen molar-refractivity contribution in [3.05, 3.63) is 41.0 Å². The van der Waals surface area contributed by atoms with Crippen LogP contribution in [0.15, 0.2) is 29.8 Å². The molecule has 0 spiro atoms. The van der Waals surface area contributed by atoms with E-state index in [9.17, 15) is 4.79 Å². The van der Waals surface area contributed by atoms with Gasteiger partial charge in [0.05, 0.1) is 16.1 Å². The molecule has 1 aromatic carbocycles. The molecule has 1 aliphatic heterocycles. The first kappa shape index (κ1) is 16.6. The molecular weight excluding hydrogens is 294 g/mol. The molecule has 1 fully saturated rings. The minimum absolute atomic E-state index is 0.575. The van der Waals surface area contributed by atoms with Gasteiger partial charge < -0.3 is 10.6 Å². The van der Waals surface area contributed by atoms with Gasteiger partial charge in [-0.25, -0.2) is 4.98 Å². The third-order valence-corrected chi connectivity index (χ3v) is 4.64. The Hall–Kier alpha value is -1.72. The van der Waals surface area contributed by atoms with E-state index in [0.717, 1.165) is 17.2 Å². The molecular formula is C17H23N3OS. The number of carbonyl (C=O) groups is 1. The second kappa shape index (κ2) is 8.66. The summed E-state index contributed by atoms with van der Waals surface area (Å²) in [6.07, 6.45) is 2.08. The molecule has 5 heteroatoms. The van der Waals surface area contributed by atoms with Crippen molar-refractivity contribution in [3.8, 4) is 10.4 Å². The fourth-order valence-electron chi connectivity index (χ4n) is 2.31. The zero-order valence-corrected chi connectivity index (χ0v) is 14.0. The first-order valence-corrected chi connectivity index (χ1v) is 8.46. The summed E-state index contributed by atoms with van der Waals surface area (Å²) in [7, 11) is 0. The van der Waals surface area contributed by atoms with Crippen molar-refractivity contribution in [1.82, 2.24) is 15.6 Å². The highest BCUT2D eigenvalue weighted by Crippen LogP contribution is 2.27. The number of aromatic nitrogens is 1. The summed E-state index contributed by atoms with van der Waals surface area (Å²) in [4.78, 5) is 15.6. The fraction of sp³-hybridized carbons (Fsp3) is 0.412. The maximum atomic E-state index is 10.2. The number of benzene rings is 1. The number of thiazole rings is 1. The number of hydrogen-bond donors (Lipinski definition) is 2. The van der Waals surface area contributed by atoms with Gasteiger partial charge >= 0.3 is 0 Å². The predicted octanol–water partition coefficient (Wildman–Crippen LogP) is 2.98. The van der Waals surface area contributed by atoms with E-state index in [2.05, 4.69) is 34.7 Å². The molecule has 0 aliphatic carbocycles. The number of nitrogens with one attached hydrogen (secondary N) is 2. The Morgan fingerprint density at radius 3 is 2.64 bits per heavy atom. The maximum absolute atomic E-state index is 10.2. The molecule has 3 rings (SSSR count). The van der Waals surface area contributed by atoms with Crippen molar-refractivity contribution in [3.63, 3.8) is 0 Å². The molecule has 118 valence electrons. The van der Waals surface area contributed by atoms with Crippen molar-refractivity contribution < 1.29 is 4.79 Å². The van der Waals surface area contributed by atoms with E-state index in [1.165, 1.54) is 30.0 Å². The Balaban J connectivity index is 0.000000246. The van der Waals surface area contributed by atoms with Crippen LogP contribution < -0.4 is 10.6 Å². The third kappa shape index (κ3) is 4.93. The third-order valence-electron chi connectivity index (χ3n) is 3.66. The lowest BCUT2D eigenvalue weighted by Gasteiger charge is -2.02. The molecule has 1 amide bonds. The quantitative estimate of drug-likeness (QED) is 0.852. The first-order chi connectivity index (χ1) is 10.7. The van der Waals surface area contributed by atoms with Crippen LogP contribution in [0, 0.1) is 12.8 Å². The second-order valence-corrected chi connectivity index (χ2v) is 6.42. The smallest absolute Gasteiger partial charge is 0.207 e. The first-order valence-electron chi connectivity index (χ1n) is 7.58. The molecule has 1 atom stereocenters. The average molecular weight is 317 g/mol. The van der Waals surface area contributed by atoms with Gasteiger partial charge in [0.15, 0.2) is 0 Å². The molecule has 1 unspecified atom stereocenters. The van der Waals surface area contributed by atoms with Crippen LogP contribution in [0.3, 0.4) is 0 Å². The van der Waals surface area contributed by atoms with Crippen molar-refractivity contribution >= 4 is 17.7 Å². The van der Waals surface area contributed by atoms with Gasteiger partial charge in [-0.1, -0.05) is 31.2 Å². The van der Waals surface area contributed by atoms with Crippen molar-refractivity contribution in [2.75, 3.05) is 13.1 Å². The van der Waals surface area contributed by atoms with Crippen LogP contribution in [-0.4, -0.2) is 24.5 Å². The molecule has 4 nitrogen and oxygen atoms in total. The van der Waals surface area contributed by atoms with Gasteiger partial charge in [-0.15, -0.1) is 11.3 Å². The van der Waals surface area contributed by atoms with E-state index in [1.54, 1.807) is 11.3 Å². The van der Waals surface area contributed by atoms with Crippen LogP contribution in [0.1, 0.15) is 24.6 Å². The lowest BCUT2D eigenvalue weighted by atomic mass is 10.1. The molecule has 2 heterocycles. The van der Waals surface area contributed by atoms with Gasteiger partial charge in [0, 0.05) is 6.54 Å². The average Bonchev–Trinajstić information content (AvgIpc) is 3.17. The molecule has 1 aliphatic rings. The van der Waals surface area contributed by atoms with Crippen LogP contribution in [0.2, 0.25) is 0 Å². The summed E-state index contributed by atoms with van der Waals surface area (Å²) >= 11 is 1.64. The van der Waals surface area contributed by atoms with E-state index in [1.807, 2.05) is 24.6 Å². The van der Waals surface area contributed by atoms with Gasteiger partial charge in [-0.3, -0.25) is 4.79 Å². The molecule has 2 aromatic rings. The highest BCUT2D eigenvalue weighted by molar-refractivity contribution is 7.13. The second-order valence-electron chi connectivity index (χ2n) is 5.56. The van der Waals surface area contributed by atoms with Crippen molar-refractivity contribution in [1.29, 1.82) is 0 Å². The van der Waals surface area contributed by atoms with Gasteiger partial charge in [0.25, 0.3) is 0 Å². The summed E-state index contributed by atoms with van der Waals surface area (Å²) in [6.45, 7) is 7.33. The van der Waals surface area contributed by atoms with Crippen LogP contribution in [0.5, 0.6) is 0 Å². The topological polar surface area (TPSA) is 54.0 Å². The molecule has 22 heavy (non-hydrogen) atoms. The van der Waals surface area contributed by atoms with Gasteiger partial charge in [-0.05, 0) is 43.5 Å². The van der Waals surface area contributed by atoms with E-state index >= 15 is 0 Å². The van der Waals surface area contributed by atoms with Crippen LogP contribution in [-0.2, 0) is 11.3 Å². The highest BCUT2D eigenvalue weighted by atomic mass is 32.1. The number of carbonyl (C=O) groups excluding carboxylic acids is 1. The minimum atomic E-state index is 0.575. The molecule has 0 radical (unpaired) electrons. The van der Waals surface area contributed by atoms with Gasteiger partial charge in [-0.2, -0.15) is 0 Å². The lowest BCUT2D eigenvalue weighted by molar-refractivity contribution is -0.109. The number of amides is 1. The summed E-state index contributed by atoms with van der Waals surface area (Å²) in [5.41, 5.74) is 5.18. The van der Waals surface area contributed by atoms with Crippen molar-refractivity contribution in [2.24, 2.45) is 5.92 Å². The Morgan fingerprint density at radius 2 is 2.18 bits per heavy atom. The van der Waals surface area contributed by atoms with Crippen LogP contribution >= 0.6 is 11.3 Å². The Morgan fingerprint density at radius 1 is 1.41 bits per heavy atom. The molecule has 1 aromatic heterocycles. The van der Waals surface area contributed by atoms with Gasteiger partial charge in [0.1, 0.15) is 0 Å². The SMILES string of the molecule is CC1CCNC1.Cc1ncsc1-c1ccc(CNC=O)cc1. The monoisotopic (exact) mass is 317 g/mol. The molecule has 1 saturated heterocycles. The number of aryl methyl sites for hydroxylation is 1. The van der Waals surface area contributed by atoms with E-state index in [0.29, 0.717) is 13.0 Å². The summed E-state index contributed by atoms with van der Waals surface area (Å²) in [5, 5.41) is 5.91. The zero-order valence-electron chi connectivity index (χ0n) is 13.1. The van der Waals surface area contributed by atoms with Crippen LogP contribution in [0.4, 0.5) is 0 Å². The number of nitrogens with zero attached hydrogens (tertiary/aromatic N) is 1. The Kier molecular flexibility index (Phi) is 6.55. The molecule has 2 N–H and O–H groups in total. The summed E-state index contributed by atoms with van der Waals surface area (Å²) < 4.78 is 0. The standard InChI is InChI=1S/C12H12N2OS.C5H11N/c1-9-12(16-8-14-9)11-4-2-10(3-5-11)6-13-7-15;1-5-2-3-6-4-5/h2-5,7-8H,6H2,1H3,(H,13,15);5-6H,2-4H2,1H3. The highest BCUT2D eigenvalue weighted by Gasteiger charge is 2.06. The van der Waals surface area contributed by atoms with E-state index < -0.39 is 0 Å². The Labute approximate surface area is 136 Å². The van der Waals surface area contributed by atoms with E-state index in [-0.39, 0.29) is 0 Å². The zero-order chi connectivity index (χ0) is 15.8. The summed E-state index contributed by atoms with van der Waals surface area (Å²) in [5.74, 6) is 0.935. The van der Waals surface area contributed by atoms with Crippen molar-refractivity contribution in [2.45, 2.75) is 26.8 Å². The van der Waals surface area contributed by atoms with Gasteiger partial charge in [0.2, 0.25) is 6.41 Å². The lowest BCUT2D eigenvalue weighted by Crippen LogP contribution is -2.09. The fourth-order valence-corrected chi connectivity index (χ4v) is 3.12. The largest absolute Gasteiger partial charge is 0.355 e. The molecule has 0 saturated carbocycles. The molecule has 0 bridgehead atoms. The number of hydrogen-bond acceptors (Lipinski definition) is 4. The normalized spacial score (nSPS) is 16.7.